The van der Waals surface area contributed by atoms with Crippen LogP contribution in [0.1, 0.15) is 5.56 Å². The molecule has 11 heavy (non-hydrogen) atoms. The Balaban J connectivity index is 3.14. The van der Waals surface area contributed by atoms with Gasteiger partial charge in [0.25, 0.3) is 0 Å². The van der Waals surface area contributed by atoms with E-state index in [0.717, 1.165) is 0 Å². The smallest absolute Gasteiger partial charge is 0.153 e. The molecule has 4 heteroatoms. The number of benzene rings is 1. The summed E-state index contributed by atoms with van der Waals surface area (Å²) in [5, 5.41) is 3.17. The van der Waals surface area contributed by atoms with Crippen molar-refractivity contribution in [3.8, 4) is 0 Å². The predicted octanol–water partition coefficient (Wildman–Crippen LogP) is 0.405. The van der Waals surface area contributed by atoms with Crippen LogP contribution in [0, 0.1) is 5.82 Å². The van der Waals surface area contributed by atoms with Gasteiger partial charge in [0.15, 0.2) is 5.84 Å². The van der Waals surface area contributed by atoms with Crippen molar-refractivity contribution in [3.05, 3.63) is 35.6 Å². The molecule has 0 aromatic heterocycles. The van der Waals surface area contributed by atoms with E-state index in [-0.39, 0.29) is 11.4 Å². The van der Waals surface area contributed by atoms with Crippen molar-refractivity contribution in [2.45, 2.75) is 0 Å². The van der Waals surface area contributed by atoms with Gasteiger partial charge in [0.1, 0.15) is 5.82 Å². The number of rotatable bonds is 1. The Hall–Kier alpha value is -1.58. The Kier molecular flexibility index (Phi) is 2.06. The van der Waals surface area contributed by atoms with Crippen LogP contribution < -0.4 is 11.6 Å². The van der Waals surface area contributed by atoms with Gasteiger partial charge in [-0.05, 0) is 12.1 Å². The highest BCUT2D eigenvalue weighted by Gasteiger charge is 2.02. The van der Waals surface area contributed by atoms with E-state index >= 15 is 0 Å². The molecule has 0 aliphatic heterocycles. The van der Waals surface area contributed by atoms with Crippen LogP contribution in [-0.4, -0.2) is 5.84 Å². The minimum absolute atomic E-state index is 0.00287. The molecule has 0 saturated heterocycles. The van der Waals surface area contributed by atoms with Gasteiger partial charge in [-0.15, -0.1) is 0 Å². The quantitative estimate of drug-likeness (QED) is 0.265. The Bertz CT molecular complexity index is 283. The molecule has 0 spiro atoms. The van der Waals surface area contributed by atoms with Crippen molar-refractivity contribution < 1.29 is 4.39 Å². The van der Waals surface area contributed by atoms with Crippen molar-refractivity contribution in [1.82, 2.24) is 0 Å². The summed E-state index contributed by atoms with van der Waals surface area (Å²) in [6.45, 7) is 0. The second kappa shape index (κ2) is 3.01. The van der Waals surface area contributed by atoms with Gasteiger partial charge in [0.05, 0.1) is 5.56 Å². The molecule has 0 radical (unpaired) electrons. The third kappa shape index (κ3) is 1.46. The number of nitrogens with zero attached hydrogens (tertiary/aromatic N) is 1. The van der Waals surface area contributed by atoms with E-state index in [4.69, 9.17) is 11.6 Å². The first-order chi connectivity index (χ1) is 5.25. The van der Waals surface area contributed by atoms with Gasteiger partial charge in [0, 0.05) is 0 Å². The highest BCUT2D eigenvalue weighted by Crippen LogP contribution is 2.04. The molecule has 0 saturated carbocycles. The Morgan fingerprint density at radius 3 is 2.55 bits per heavy atom. The van der Waals surface area contributed by atoms with Crippen LogP contribution in [0.2, 0.25) is 0 Å². The first kappa shape index (κ1) is 7.53. The zero-order valence-corrected chi connectivity index (χ0v) is 5.79. The van der Waals surface area contributed by atoms with Crippen LogP contribution in [0.15, 0.2) is 29.4 Å². The summed E-state index contributed by atoms with van der Waals surface area (Å²) < 4.78 is 12.8. The summed E-state index contributed by atoms with van der Waals surface area (Å²) >= 11 is 0. The van der Waals surface area contributed by atoms with Crippen molar-refractivity contribution in [3.63, 3.8) is 0 Å². The Morgan fingerprint density at radius 1 is 1.36 bits per heavy atom. The molecular formula is C7H8FN3. The lowest BCUT2D eigenvalue weighted by Crippen LogP contribution is -2.16. The maximum absolute atomic E-state index is 12.8. The van der Waals surface area contributed by atoms with Crippen molar-refractivity contribution >= 4 is 5.84 Å². The zero-order chi connectivity index (χ0) is 8.27. The molecule has 0 heterocycles. The van der Waals surface area contributed by atoms with E-state index in [1.807, 2.05) is 0 Å². The molecule has 3 nitrogen and oxygen atoms in total. The fourth-order valence-electron chi connectivity index (χ4n) is 0.738. The third-order valence-corrected chi connectivity index (χ3v) is 1.29. The maximum atomic E-state index is 12.8. The van der Waals surface area contributed by atoms with Crippen molar-refractivity contribution in [1.29, 1.82) is 0 Å². The van der Waals surface area contributed by atoms with Crippen LogP contribution in [-0.2, 0) is 0 Å². The van der Waals surface area contributed by atoms with E-state index in [1.165, 1.54) is 12.1 Å². The molecule has 0 aliphatic rings. The van der Waals surface area contributed by atoms with Gasteiger partial charge in [-0.2, -0.15) is 5.10 Å². The summed E-state index contributed by atoms with van der Waals surface area (Å²) in [7, 11) is 0. The fourth-order valence-corrected chi connectivity index (χ4v) is 0.738. The summed E-state index contributed by atoms with van der Waals surface area (Å²) in [5.41, 5.74) is 5.51. The van der Waals surface area contributed by atoms with Crippen LogP contribution >= 0.6 is 0 Å². The fraction of sp³-hybridized carbons (Fsp3) is 0. The second-order valence-electron chi connectivity index (χ2n) is 1.99. The van der Waals surface area contributed by atoms with Gasteiger partial charge < -0.3 is 11.6 Å². The van der Waals surface area contributed by atoms with Gasteiger partial charge in [-0.3, -0.25) is 0 Å². The summed E-state index contributed by atoms with van der Waals surface area (Å²) in [6, 6.07) is 6.05. The molecule has 1 aromatic rings. The van der Waals surface area contributed by atoms with Crippen molar-refractivity contribution in [2.75, 3.05) is 0 Å². The zero-order valence-electron chi connectivity index (χ0n) is 5.79. The van der Waals surface area contributed by atoms with Crippen LogP contribution in [0.25, 0.3) is 0 Å². The molecule has 0 fully saturated rings. The van der Waals surface area contributed by atoms with E-state index < -0.39 is 5.82 Å². The maximum Gasteiger partial charge on any atom is 0.153 e. The third-order valence-electron chi connectivity index (χ3n) is 1.29. The Morgan fingerprint density at radius 2 is 2.00 bits per heavy atom. The molecule has 0 bridgehead atoms. The topological polar surface area (TPSA) is 64.4 Å². The molecule has 0 atom stereocenters. The SMILES string of the molecule is N/N=C(/N)c1ccccc1F. The molecular weight excluding hydrogens is 145 g/mol. The average Bonchev–Trinajstić information content (AvgIpc) is 2.04. The lowest BCUT2D eigenvalue weighted by Gasteiger charge is -1.98. The predicted molar refractivity (Wildman–Crippen MR) is 41.3 cm³/mol. The van der Waals surface area contributed by atoms with Gasteiger partial charge >= 0.3 is 0 Å². The highest BCUT2D eigenvalue weighted by molar-refractivity contribution is 5.97. The Labute approximate surface area is 63.5 Å². The van der Waals surface area contributed by atoms with E-state index in [9.17, 15) is 4.39 Å². The monoisotopic (exact) mass is 153 g/mol. The van der Waals surface area contributed by atoms with Gasteiger partial charge in [-0.1, -0.05) is 12.1 Å². The number of hydrogen-bond acceptors (Lipinski definition) is 2. The summed E-state index contributed by atoms with van der Waals surface area (Å²) in [5.74, 6) is 4.45. The number of nitrogens with two attached hydrogens (primary N) is 2. The molecule has 0 unspecified atom stereocenters. The van der Waals surface area contributed by atoms with Crippen LogP contribution in [0.4, 0.5) is 4.39 Å². The second-order valence-corrected chi connectivity index (χ2v) is 1.99. The lowest BCUT2D eigenvalue weighted by atomic mass is 10.2. The van der Waals surface area contributed by atoms with E-state index in [2.05, 4.69) is 5.10 Å². The molecule has 1 aromatic carbocycles. The first-order valence-electron chi connectivity index (χ1n) is 3.04. The normalized spacial score (nSPS) is 11.5. The minimum Gasteiger partial charge on any atom is -0.382 e. The highest BCUT2D eigenvalue weighted by atomic mass is 19.1. The lowest BCUT2D eigenvalue weighted by molar-refractivity contribution is 0.625. The average molecular weight is 153 g/mol. The largest absolute Gasteiger partial charge is 0.382 e. The van der Waals surface area contributed by atoms with Crippen molar-refractivity contribution in [2.24, 2.45) is 16.7 Å². The molecule has 4 N–H and O–H groups in total. The number of hydrazone groups is 1. The summed E-state index contributed by atoms with van der Waals surface area (Å²) in [4.78, 5) is 0. The molecule has 1 rings (SSSR count). The van der Waals surface area contributed by atoms with Gasteiger partial charge in [0.2, 0.25) is 0 Å². The van der Waals surface area contributed by atoms with Crippen LogP contribution in [0.5, 0.6) is 0 Å². The molecule has 0 aliphatic carbocycles. The molecule has 58 valence electrons. The van der Waals surface area contributed by atoms with Crippen LogP contribution in [0.3, 0.4) is 0 Å². The van der Waals surface area contributed by atoms with E-state index in [1.54, 1.807) is 12.1 Å². The number of hydrogen-bond donors (Lipinski definition) is 2. The van der Waals surface area contributed by atoms with E-state index in [0.29, 0.717) is 0 Å². The van der Waals surface area contributed by atoms with Gasteiger partial charge in [-0.25, -0.2) is 4.39 Å². The summed E-state index contributed by atoms with van der Waals surface area (Å²) in [6.07, 6.45) is 0. The number of halogens is 1. The minimum atomic E-state index is -0.417. The molecule has 0 amide bonds. The number of amidine groups is 1. The first-order valence-corrected chi connectivity index (χ1v) is 3.04. The standard InChI is InChI=1S/C7H8FN3/c8-6-4-2-1-3-5(6)7(9)11-10/h1-4H,10H2,(H2,9,11).